The van der Waals surface area contributed by atoms with E-state index in [9.17, 15) is 4.79 Å². The van der Waals surface area contributed by atoms with Gasteiger partial charge in [0.05, 0.1) is 0 Å². The van der Waals surface area contributed by atoms with E-state index in [4.69, 9.17) is 4.98 Å². The second-order valence-corrected chi connectivity index (χ2v) is 11.0. The minimum atomic E-state index is -0.000985. The van der Waals surface area contributed by atoms with Crippen LogP contribution in [0.25, 0.3) is 11.0 Å². The SMILES string of the molecule is CC.Cc1cc(SC2CCN(C(C)C)CC2)ccc1Nc1ncc2cc(C)c(=O)n(C(C)C)c2n1. The van der Waals surface area contributed by atoms with Gasteiger partial charge >= 0.3 is 0 Å². The number of pyridine rings is 1. The molecule has 1 aliphatic rings. The van der Waals surface area contributed by atoms with Crippen molar-refractivity contribution >= 4 is 34.4 Å². The van der Waals surface area contributed by atoms with Crippen molar-refractivity contribution in [1.29, 1.82) is 0 Å². The third-order valence-corrected chi connectivity index (χ3v) is 7.75. The Hall–Kier alpha value is -2.38. The van der Waals surface area contributed by atoms with Gasteiger partial charge in [0.25, 0.3) is 5.56 Å². The van der Waals surface area contributed by atoms with Crippen molar-refractivity contribution < 1.29 is 0 Å². The molecule has 0 spiro atoms. The lowest BCUT2D eigenvalue weighted by Gasteiger charge is -2.34. The third kappa shape index (κ3) is 6.44. The molecule has 35 heavy (non-hydrogen) atoms. The Balaban J connectivity index is 0.00000167. The number of fused-ring (bicyclic) bond motifs is 1. The number of piperidine rings is 1. The van der Waals surface area contributed by atoms with E-state index in [1.807, 2.05) is 52.4 Å². The predicted octanol–water partition coefficient (Wildman–Crippen LogP) is 6.72. The second-order valence-electron chi connectivity index (χ2n) is 9.62. The molecule has 3 aromatic rings. The summed E-state index contributed by atoms with van der Waals surface area (Å²) in [5.41, 5.74) is 3.52. The minimum Gasteiger partial charge on any atom is -0.324 e. The number of nitrogens with one attached hydrogen (secondary N) is 1. The monoisotopic (exact) mass is 495 g/mol. The number of hydrogen-bond donors (Lipinski definition) is 1. The quantitative estimate of drug-likeness (QED) is 0.409. The number of aryl methyl sites for hydroxylation is 2. The van der Waals surface area contributed by atoms with Gasteiger partial charge in [-0.2, -0.15) is 4.98 Å². The molecule has 0 bridgehead atoms. The zero-order valence-corrected chi connectivity index (χ0v) is 23.4. The molecule has 1 aromatic carbocycles. The molecule has 1 N–H and O–H groups in total. The summed E-state index contributed by atoms with van der Waals surface area (Å²) in [7, 11) is 0. The fourth-order valence-electron chi connectivity index (χ4n) is 4.47. The number of nitrogens with zero attached hydrogens (tertiary/aromatic N) is 4. The van der Waals surface area contributed by atoms with Gasteiger partial charge in [0.2, 0.25) is 5.95 Å². The number of thioether (sulfide) groups is 1. The molecule has 0 saturated carbocycles. The van der Waals surface area contributed by atoms with Crippen molar-refractivity contribution in [2.75, 3.05) is 18.4 Å². The maximum Gasteiger partial charge on any atom is 0.255 e. The van der Waals surface area contributed by atoms with Gasteiger partial charge in [0, 0.05) is 45.1 Å². The lowest BCUT2D eigenvalue weighted by molar-refractivity contribution is 0.188. The largest absolute Gasteiger partial charge is 0.324 e. The van der Waals surface area contributed by atoms with Crippen LogP contribution < -0.4 is 10.9 Å². The van der Waals surface area contributed by atoms with Crippen LogP contribution in [-0.2, 0) is 0 Å². The molecule has 0 unspecified atom stereocenters. The van der Waals surface area contributed by atoms with Gasteiger partial charge < -0.3 is 10.2 Å². The molecule has 0 radical (unpaired) electrons. The first-order chi connectivity index (χ1) is 16.7. The highest BCUT2D eigenvalue weighted by molar-refractivity contribution is 8.00. The summed E-state index contributed by atoms with van der Waals surface area (Å²) in [4.78, 5) is 25.8. The molecular weight excluding hydrogens is 454 g/mol. The number of likely N-dealkylation sites (tertiary alicyclic amines) is 1. The van der Waals surface area contributed by atoms with E-state index in [1.54, 1.807) is 10.8 Å². The highest BCUT2D eigenvalue weighted by atomic mass is 32.2. The maximum absolute atomic E-state index is 12.7. The summed E-state index contributed by atoms with van der Waals surface area (Å²) in [5.74, 6) is 0.504. The van der Waals surface area contributed by atoms with Crippen LogP contribution in [0.1, 0.15) is 71.6 Å². The molecule has 0 amide bonds. The van der Waals surface area contributed by atoms with Crippen LogP contribution in [0, 0.1) is 13.8 Å². The third-order valence-electron chi connectivity index (χ3n) is 6.42. The lowest BCUT2D eigenvalue weighted by atomic mass is 10.1. The number of aromatic nitrogens is 3. The Labute approximate surface area is 214 Å². The van der Waals surface area contributed by atoms with Crippen LogP contribution in [0.2, 0.25) is 0 Å². The molecule has 1 aliphatic heterocycles. The standard InChI is InChI=1S/C26H35N5OS.C2H6/c1-16(2)30-11-9-21(10-12-30)33-22-7-8-23(18(5)14-22)28-26-27-15-20-13-19(6)25(32)31(17(3)4)24(20)29-26;1-2/h7-8,13-17,21H,9-12H2,1-6H3,(H,27,28,29);1-2H3. The van der Waals surface area contributed by atoms with Gasteiger partial charge in [0.1, 0.15) is 5.65 Å². The van der Waals surface area contributed by atoms with Crippen molar-refractivity contribution in [2.24, 2.45) is 0 Å². The summed E-state index contributed by atoms with van der Waals surface area (Å²) >= 11 is 1.99. The average molecular weight is 496 g/mol. The van der Waals surface area contributed by atoms with Crippen molar-refractivity contribution in [1.82, 2.24) is 19.4 Å². The highest BCUT2D eigenvalue weighted by Crippen LogP contribution is 2.33. The first-order valence-electron chi connectivity index (χ1n) is 12.9. The van der Waals surface area contributed by atoms with Crippen LogP contribution in [0.5, 0.6) is 0 Å². The van der Waals surface area contributed by atoms with Gasteiger partial charge in [-0.15, -0.1) is 11.8 Å². The van der Waals surface area contributed by atoms with E-state index in [1.165, 1.54) is 30.8 Å². The Kier molecular flexibility index (Phi) is 9.36. The summed E-state index contributed by atoms with van der Waals surface area (Å²) in [6.07, 6.45) is 4.27. The van der Waals surface area contributed by atoms with Crippen LogP contribution in [0.4, 0.5) is 11.6 Å². The van der Waals surface area contributed by atoms with Crippen molar-refractivity contribution in [3.8, 4) is 0 Å². The number of hydrogen-bond acceptors (Lipinski definition) is 6. The van der Waals surface area contributed by atoms with Crippen LogP contribution in [0.3, 0.4) is 0 Å². The van der Waals surface area contributed by atoms with E-state index >= 15 is 0 Å². The summed E-state index contributed by atoms with van der Waals surface area (Å²) in [6.45, 7) is 18.9. The number of anilines is 2. The maximum atomic E-state index is 12.7. The first kappa shape index (κ1) is 27.2. The van der Waals surface area contributed by atoms with Gasteiger partial charge in [-0.3, -0.25) is 9.36 Å². The van der Waals surface area contributed by atoms with E-state index in [0.29, 0.717) is 28.5 Å². The number of rotatable bonds is 6. The minimum absolute atomic E-state index is 0.000985. The van der Waals surface area contributed by atoms with Crippen LogP contribution >= 0.6 is 11.8 Å². The van der Waals surface area contributed by atoms with Gasteiger partial charge in [-0.05, 0) is 97.3 Å². The molecule has 7 heteroatoms. The Morgan fingerprint density at radius 2 is 1.69 bits per heavy atom. The predicted molar refractivity (Wildman–Crippen MR) is 150 cm³/mol. The lowest BCUT2D eigenvalue weighted by Crippen LogP contribution is -2.39. The van der Waals surface area contributed by atoms with Crippen LogP contribution in [-0.4, -0.2) is 43.8 Å². The van der Waals surface area contributed by atoms with E-state index in [-0.39, 0.29) is 11.6 Å². The van der Waals surface area contributed by atoms with Crippen molar-refractivity contribution in [2.45, 2.75) is 90.5 Å². The van der Waals surface area contributed by atoms with Gasteiger partial charge in [-0.25, -0.2) is 4.98 Å². The molecule has 190 valence electrons. The molecule has 3 heterocycles. The second kappa shape index (κ2) is 12.0. The molecule has 4 rings (SSSR count). The van der Waals surface area contributed by atoms with E-state index < -0.39 is 0 Å². The highest BCUT2D eigenvalue weighted by Gasteiger charge is 2.21. The average Bonchev–Trinajstić information content (AvgIpc) is 2.83. The molecule has 1 saturated heterocycles. The molecule has 0 aliphatic carbocycles. The normalized spacial score (nSPS) is 14.9. The Morgan fingerprint density at radius 3 is 2.29 bits per heavy atom. The van der Waals surface area contributed by atoms with Crippen molar-refractivity contribution in [3.05, 3.63) is 51.9 Å². The molecular formula is C28H41N5OS. The van der Waals surface area contributed by atoms with E-state index in [2.05, 4.69) is 54.2 Å². The molecule has 2 aromatic heterocycles. The van der Waals surface area contributed by atoms with Crippen molar-refractivity contribution in [3.63, 3.8) is 0 Å². The molecule has 6 nitrogen and oxygen atoms in total. The summed E-state index contributed by atoms with van der Waals surface area (Å²) in [5, 5.41) is 4.91. The summed E-state index contributed by atoms with van der Waals surface area (Å²) < 4.78 is 1.74. The number of benzene rings is 1. The molecule has 0 atom stereocenters. The smallest absolute Gasteiger partial charge is 0.255 e. The van der Waals surface area contributed by atoms with E-state index in [0.717, 1.165) is 16.6 Å². The molecule has 1 fully saturated rings. The van der Waals surface area contributed by atoms with Crippen LogP contribution in [0.15, 0.2) is 40.2 Å². The Bertz CT molecular complexity index is 1200. The summed E-state index contributed by atoms with van der Waals surface area (Å²) in [6, 6.07) is 9.07. The topological polar surface area (TPSA) is 63.1 Å². The zero-order chi connectivity index (χ0) is 25.7. The van der Waals surface area contributed by atoms with Gasteiger partial charge in [-0.1, -0.05) is 13.8 Å². The van der Waals surface area contributed by atoms with Gasteiger partial charge in [0.15, 0.2) is 0 Å². The zero-order valence-electron chi connectivity index (χ0n) is 22.6. The Morgan fingerprint density at radius 1 is 1.00 bits per heavy atom. The fraction of sp³-hybridized carbons (Fsp3) is 0.536. The fourth-order valence-corrected chi connectivity index (χ4v) is 5.69. The first-order valence-corrected chi connectivity index (χ1v) is 13.8.